The van der Waals surface area contributed by atoms with Gasteiger partial charge in [-0.1, -0.05) is 18.2 Å². The lowest BCUT2D eigenvalue weighted by Gasteiger charge is -2.24. The molecular weight excluding hydrogens is 256 g/mol. The van der Waals surface area contributed by atoms with Gasteiger partial charge in [0.1, 0.15) is 5.75 Å². The lowest BCUT2D eigenvalue weighted by molar-refractivity contribution is -0.122. The molecule has 0 atom stereocenters. The molecule has 0 bridgehead atoms. The van der Waals surface area contributed by atoms with Crippen LogP contribution in [0.3, 0.4) is 0 Å². The number of benzene rings is 1. The van der Waals surface area contributed by atoms with E-state index in [9.17, 15) is 9.90 Å². The van der Waals surface area contributed by atoms with E-state index < -0.39 is 5.60 Å². The zero-order valence-electron chi connectivity index (χ0n) is 12.6. The predicted molar refractivity (Wildman–Crippen MR) is 78.6 cm³/mol. The van der Waals surface area contributed by atoms with Crippen LogP contribution < -0.4 is 10.1 Å². The van der Waals surface area contributed by atoms with Crippen LogP contribution in [0.25, 0.3) is 0 Å². The molecular formula is C15H24N2O3. The third-order valence-corrected chi connectivity index (χ3v) is 2.74. The van der Waals surface area contributed by atoms with Crippen molar-refractivity contribution in [2.24, 2.45) is 0 Å². The first kappa shape index (κ1) is 16.5. The average Bonchev–Trinajstić information content (AvgIpc) is 2.34. The first-order chi connectivity index (χ1) is 9.31. The maximum absolute atomic E-state index is 11.8. The van der Waals surface area contributed by atoms with Crippen molar-refractivity contribution in [3.05, 3.63) is 29.8 Å². The summed E-state index contributed by atoms with van der Waals surface area (Å²) < 4.78 is 5.23. The number of hydrogen-bond donors (Lipinski definition) is 2. The summed E-state index contributed by atoms with van der Waals surface area (Å²) in [5, 5.41) is 12.5. The second-order valence-corrected chi connectivity index (χ2v) is 5.57. The minimum Gasteiger partial charge on any atom is -0.496 e. The number of carbonyl (C=O) groups is 1. The summed E-state index contributed by atoms with van der Waals surface area (Å²) in [6, 6.07) is 7.58. The van der Waals surface area contributed by atoms with Crippen molar-refractivity contribution < 1.29 is 14.6 Å². The highest BCUT2D eigenvalue weighted by Crippen LogP contribution is 2.16. The lowest BCUT2D eigenvalue weighted by atomic mass is 10.1. The van der Waals surface area contributed by atoms with Gasteiger partial charge >= 0.3 is 0 Å². The van der Waals surface area contributed by atoms with Crippen LogP contribution in [0, 0.1) is 0 Å². The van der Waals surface area contributed by atoms with Gasteiger partial charge in [-0.05, 0) is 27.0 Å². The average molecular weight is 280 g/mol. The summed E-state index contributed by atoms with van der Waals surface area (Å²) in [7, 11) is 3.42. The monoisotopic (exact) mass is 280 g/mol. The van der Waals surface area contributed by atoms with E-state index in [1.807, 2.05) is 24.3 Å². The SMILES string of the molecule is COc1ccccc1CNC(=O)CN(C)CC(C)(C)O. The number of aliphatic hydroxyl groups is 1. The number of methoxy groups -OCH3 is 1. The molecule has 0 heterocycles. The smallest absolute Gasteiger partial charge is 0.234 e. The Hall–Kier alpha value is -1.59. The minimum atomic E-state index is -0.808. The number of nitrogens with zero attached hydrogens (tertiary/aromatic N) is 1. The molecule has 0 aromatic heterocycles. The molecule has 1 aromatic rings. The molecule has 1 amide bonds. The number of para-hydroxylation sites is 1. The minimum absolute atomic E-state index is 0.0809. The second kappa shape index (κ2) is 7.26. The highest BCUT2D eigenvalue weighted by atomic mass is 16.5. The summed E-state index contributed by atoms with van der Waals surface area (Å²) in [5.41, 5.74) is 0.131. The standard InChI is InChI=1S/C15H24N2O3/c1-15(2,19)11-17(3)10-14(18)16-9-12-7-5-6-8-13(12)20-4/h5-8,19H,9-11H2,1-4H3,(H,16,18). The summed E-state index contributed by atoms with van der Waals surface area (Å²) in [5.74, 6) is 0.681. The van der Waals surface area contributed by atoms with Crippen molar-refractivity contribution >= 4 is 5.91 Å². The molecule has 5 nitrogen and oxygen atoms in total. The molecule has 0 spiro atoms. The van der Waals surface area contributed by atoms with Gasteiger partial charge in [-0.3, -0.25) is 9.69 Å². The maximum atomic E-state index is 11.8. The largest absolute Gasteiger partial charge is 0.496 e. The highest BCUT2D eigenvalue weighted by molar-refractivity contribution is 5.78. The summed E-state index contributed by atoms with van der Waals surface area (Å²) in [6.07, 6.45) is 0. The summed E-state index contributed by atoms with van der Waals surface area (Å²) in [6.45, 7) is 4.56. The summed E-state index contributed by atoms with van der Waals surface area (Å²) in [4.78, 5) is 13.6. The van der Waals surface area contributed by atoms with Gasteiger partial charge in [-0.2, -0.15) is 0 Å². The molecule has 20 heavy (non-hydrogen) atoms. The van der Waals surface area contributed by atoms with Crippen LogP contribution in [-0.2, 0) is 11.3 Å². The van der Waals surface area contributed by atoms with Gasteiger partial charge in [-0.15, -0.1) is 0 Å². The topological polar surface area (TPSA) is 61.8 Å². The van der Waals surface area contributed by atoms with Crippen LogP contribution in [0.1, 0.15) is 19.4 Å². The van der Waals surface area contributed by atoms with Gasteiger partial charge in [0.15, 0.2) is 0 Å². The molecule has 0 radical (unpaired) electrons. The number of nitrogens with one attached hydrogen (secondary N) is 1. The van der Waals surface area contributed by atoms with Gasteiger partial charge in [0, 0.05) is 18.7 Å². The fourth-order valence-corrected chi connectivity index (χ4v) is 2.06. The quantitative estimate of drug-likeness (QED) is 0.782. The van der Waals surface area contributed by atoms with E-state index >= 15 is 0 Å². The first-order valence-electron chi connectivity index (χ1n) is 6.61. The molecule has 1 rings (SSSR count). The Morgan fingerprint density at radius 1 is 1.40 bits per heavy atom. The third-order valence-electron chi connectivity index (χ3n) is 2.74. The maximum Gasteiger partial charge on any atom is 0.234 e. The number of rotatable bonds is 7. The summed E-state index contributed by atoms with van der Waals surface area (Å²) >= 11 is 0. The van der Waals surface area contributed by atoms with Crippen molar-refractivity contribution in [1.82, 2.24) is 10.2 Å². The Labute approximate surface area is 120 Å². The molecule has 112 valence electrons. The zero-order valence-corrected chi connectivity index (χ0v) is 12.6. The molecule has 0 unspecified atom stereocenters. The number of amides is 1. The van der Waals surface area contributed by atoms with E-state index in [0.29, 0.717) is 13.1 Å². The molecule has 0 saturated heterocycles. The Kier molecular flexibility index (Phi) is 5.98. The molecule has 2 N–H and O–H groups in total. The third kappa shape index (κ3) is 6.04. The van der Waals surface area contributed by atoms with Crippen molar-refractivity contribution in [2.75, 3.05) is 27.2 Å². The van der Waals surface area contributed by atoms with Crippen LogP contribution in [0.5, 0.6) is 5.75 Å². The van der Waals surface area contributed by atoms with Crippen LogP contribution in [-0.4, -0.2) is 48.8 Å². The first-order valence-corrected chi connectivity index (χ1v) is 6.61. The lowest BCUT2D eigenvalue weighted by Crippen LogP contribution is -2.41. The Morgan fingerprint density at radius 2 is 2.05 bits per heavy atom. The Morgan fingerprint density at radius 3 is 2.65 bits per heavy atom. The molecule has 0 saturated carbocycles. The van der Waals surface area contributed by atoms with Gasteiger partial charge < -0.3 is 15.2 Å². The van der Waals surface area contributed by atoms with Gasteiger partial charge in [0.25, 0.3) is 0 Å². The van der Waals surface area contributed by atoms with Crippen molar-refractivity contribution in [1.29, 1.82) is 0 Å². The molecule has 5 heteroatoms. The number of hydrogen-bond acceptors (Lipinski definition) is 4. The van der Waals surface area contributed by atoms with E-state index in [2.05, 4.69) is 5.32 Å². The molecule has 0 aliphatic carbocycles. The van der Waals surface area contributed by atoms with Gasteiger partial charge in [0.2, 0.25) is 5.91 Å². The number of carbonyl (C=O) groups excluding carboxylic acids is 1. The fourth-order valence-electron chi connectivity index (χ4n) is 2.06. The molecule has 0 fully saturated rings. The van der Waals surface area contributed by atoms with Crippen molar-refractivity contribution in [3.63, 3.8) is 0 Å². The van der Waals surface area contributed by atoms with E-state index in [1.165, 1.54) is 0 Å². The van der Waals surface area contributed by atoms with Gasteiger partial charge in [0.05, 0.1) is 19.3 Å². The van der Waals surface area contributed by atoms with E-state index in [0.717, 1.165) is 11.3 Å². The number of likely N-dealkylation sites (N-methyl/N-ethyl adjacent to an activating group) is 1. The number of ether oxygens (including phenoxy) is 1. The Bertz CT molecular complexity index is 441. The molecule has 0 aliphatic heterocycles. The van der Waals surface area contributed by atoms with Crippen molar-refractivity contribution in [3.8, 4) is 5.75 Å². The van der Waals surface area contributed by atoms with Gasteiger partial charge in [-0.25, -0.2) is 0 Å². The van der Waals surface area contributed by atoms with Crippen LogP contribution in [0.15, 0.2) is 24.3 Å². The molecule has 0 aliphatic rings. The second-order valence-electron chi connectivity index (χ2n) is 5.57. The molecule has 1 aromatic carbocycles. The highest BCUT2D eigenvalue weighted by Gasteiger charge is 2.17. The zero-order chi connectivity index (χ0) is 15.2. The van der Waals surface area contributed by atoms with E-state index in [4.69, 9.17) is 4.74 Å². The van der Waals surface area contributed by atoms with Crippen molar-refractivity contribution in [2.45, 2.75) is 26.0 Å². The van der Waals surface area contributed by atoms with Crippen LogP contribution >= 0.6 is 0 Å². The normalized spacial score (nSPS) is 11.5. The van der Waals surface area contributed by atoms with Crippen LogP contribution in [0.2, 0.25) is 0 Å². The van der Waals surface area contributed by atoms with E-state index in [1.54, 1.807) is 32.9 Å². The van der Waals surface area contributed by atoms with E-state index in [-0.39, 0.29) is 12.5 Å². The fraction of sp³-hybridized carbons (Fsp3) is 0.533. The Balaban J connectivity index is 2.43. The van der Waals surface area contributed by atoms with Crippen LogP contribution in [0.4, 0.5) is 0 Å². The predicted octanol–water partition coefficient (Wildman–Crippen LogP) is 1.01.